The van der Waals surface area contributed by atoms with Crippen LogP contribution in [0.5, 0.6) is 23.0 Å². The number of ether oxygens (including phenoxy) is 4. The Morgan fingerprint density at radius 2 is 0.581 bits per heavy atom. The Hall–Kier alpha value is -6.68. The second kappa shape index (κ2) is 25.6. The van der Waals surface area contributed by atoms with Gasteiger partial charge >= 0.3 is 11.9 Å². The average Bonchev–Trinajstić information content (AvgIpc) is 1.19. The molecule has 1 aliphatic carbocycles. The second-order valence-electron chi connectivity index (χ2n) is 32.3. The van der Waals surface area contributed by atoms with Crippen LogP contribution in [-0.4, -0.2) is 45.3 Å². The maximum absolute atomic E-state index is 12.9. The molecule has 0 unspecified atom stereocenters. The van der Waals surface area contributed by atoms with Crippen molar-refractivity contribution in [2.75, 3.05) is 13.2 Å². The molecular weight excluding hydrogens is 1070 g/mol. The molecule has 0 atom stereocenters. The zero-order chi connectivity index (χ0) is 63.6. The van der Waals surface area contributed by atoms with Crippen LogP contribution in [0.3, 0.4) is 0 Å². The molecule has 0 aliphatic heterocycles. The number of aromatic nitrogens is 2. The predicted octanol–water partition coefficient (Wildman–Crippen LogP) is 18.1. The monoisotopic (exact) mass is 1170 g/mol. The van der Waals surface area contributed by atoms with Gasteiger partial charge in [0.15, 0.2) is 13.2 Å². The van der Waals surface area contributed by atoms with E-state index in [0.717, 1.165) is 104 Å². The first-order valence-electron chi connectivity index (χ1n) is 31.1. The number of carbonyl (C=O) groups is 2. The fourth-order valence-electron chi connectivity index (χ4n) is 14.4. The van der Waals surface area contributed by atoms with Gasteiger partial charge in [-0.1, -0.05) is 199 Å². The van der Waals surface area contributed by atoms with Crippen molar-refractivity contribution >= 4 is 11.9 Å². The van der Waals surface area contributed by atoms with Crippen LogP contribution in [0, 0.1) is 21.7 Å². The van der Waals surface area contributed by atoms with Gasteiger partial charge in [0.05, 0.1) is 11.4 Å². The standard InChI is InChI=1S/C76H102N2O8/c1-69(2,3)45-73(13,14)57-33-49-29-53-37-59(75(17,18)47-71(7,8)9)39-55(67(53)85-43-63(79)80)31-51-35-58(74(15,16)46-70(4,5)6)36-52(66(51)84-42-62-26-22-24-28-78-62)32-56-40-60(76(19,20)48-72(10,11)12)38-54(68(56)86-44-64(81)82)30-50(34-57)65(49)83-41-61-25-21-23-27-77-61/h21-28,33-40H,29-32,41-48H2,1-20H3,(H,79,80)(H,81,82). The summed E-state index contributed by atoms with van der Waals surface area (Å²) in [6.45, 7) is 45.1. The van der Waals surface area contributed by atoms with Gasteiger partial charge in [-0.15, -0.1) is 0 Å². The zero-order valence-electron chi connectivity index (χ0n) is 56.0. The average molecular weight is 1170 g/mol. The summed E-state index contributed by atoms with van der Waals surface area (Å²) in [6, 6.07) is 29.9. The fraction of sp³-hybridized carbons (Fsp3) is 0.526. The molecule has 2 aromatic heterocycles. The third-order valence-electron chi connectivity index (χ3n) is 16.4. The first-order valence-corrected chi connectivity index (χ1v) is 31.1. The van der Waals surface area contributed by atoms with Crippen LogP contribution in [0.4, 0.5) is 0 Å². The second-order valence-corrected chi connectivity index (χ2v) is 32.3. The van der Waals surface area contributed by atoms with Gasteiger partial charge in [-0.3, -0.25) is 9.97 Å². The van der Waals surface area contributed by atoms with Crippen molar-refractivity contribution in [3.8, 4) is 23.0 Å². The molecule has 86 heavy (non-hydrogen) atoms. The van der Waals surface area contributed by atoms with Crippen LogP contribution in [0.1, 0.15) is 242 Å². The summed E-state index contributed by atoms with van der Waals surface area (Å²) in [7, 11) is 0. The third kappa shape index (κ3) is 18.2. The van der Waals surface area contributed by atoms with E-state index < -0.39 is 25.2 Å². The topological polar surface area (TPSA) is 137 Å². The molecule has 6 aromatic rings. The van der Waals surface area contributed by atoms with E-state index in [9.17, 15) is 19.8 Å². The van der Waals surface area contributed by atoms with Crippen LogP contribution in [0.15, 0.2) is 97.3 Å². The van der Waals surface area contributed by atoms with Gasteiger partial charge in [0.25, 0.3) is 0 Å². The Kier molecular flexibility index (Phi) is 19.9. The van der Waals surface area contributed by atoms with Gasteiger partial charge in [0.1, 0.15) is 36.2 Å². The molecule has 0 saturated carbocycles. The summed E-state index contributed by atoms with van der Waals surface area (Å²) in [4.78, 5) is 35.3. The molecule has 1 aliphatic rings. The summed E-state index contributed by atoms with van der Waals surface area (Å²) in [5.41, 5.74) is 11.4. The Morgan fingerprint density at radius 1 is 0.360 bits per heavy atom. The largest absolute Gasteiger partial charge is 0.487 e. The summed E-state index contributed by atoms with van der Waals surface area (Å²) >= 11 is 0. The maximum atomic E-state index is 12.9. The molecule has 7 rings (SSSR count). The maximum Gasteiger partial charge on any atom is 0.341 e. The number of hydrogen-bond donors (Lipinski definition) is 2. The quantitative estimate of drug-likeness (QED) is 0.0759. The summed E-state index contributed by atoms with van der Waals surface area (Å²) in [6.07, 6.45) is 8.31. The van der Waals surface area contributed by atoms with Gasteiger partial charge < -0.3 is 29.2 Å². The predicted molar refractivity (Wildman–Crippen MR) is 349 cm³/mol. The lowest BCUT2D eigenvalue weighted by Crippen LogP contribution is -2.26. The molecule has 0 amide bonds. The molecule has 0 radical (unpaired) electrons. The van der Waals surface area contributed by atoms with Gasteiger partial charge in [0.2, 0.25) is 0 Å². The molecule has 10 heteroatoms. The highest BCUT2D eigenvalue weighted by atomic mass is 16.5. The SMILES string of the molecule is CC(C)(C)CC(C)(C)c1cc2c(OCC(=O)O)c(c1)Cc1cc(C(C)(C)CC(C)(C)C)cc(c1OCc1ccccn1)Cc1cc(C(C)(C)CC(C)(C)C)cc(c1OCC(=O)O)Cc1cc(C(C)(C)CC(C)(C)C)cc(c1OCc1ccccn1)C2. The van der Waals surface area contributed by atoms with Crippen LogP contribution in [0.2, 0.25) is 0 Å². The van der Waals surface area contributed by atoms with Crippen LogP contribution in [0.25, 0.3) is 0 Å². The van der Waals surface area contributed by atoms with E-state index in [1.807, 2.05) is 36.4 Å². The number of carboxylic acid groups (broad SMARTS) is 2. The lowest BCUT2D eigenvalue weighted by molar-refractivity contribution is -0.140. The zero-order valence-corrected chi connectivity index (χ0v) is 56.0. The highest BCUT2D eigenvalue weighted by molar-refractivity contribution is 5.70. The minimum Gasteiger partial charge on any atom is -0.487 e. The lowest BCUT2D eigenvalue weighted by Gasteiger charge is -2.36. The van der Waals surface area contributed by atoms with Crippen molar-refractivity contribution in [1.82, 2.24) is 9.97 Å². The van der Waals surface area contributed by atoms with Gasteiger partial charge in [-0.05, 0) is 160 Å². The highest BCUT2D eigenvalue weighted by Gasteiger charge is 2.36. The summed E-state index contributed by atoms with van der Waals surface area (Å²) in [5, 5.41) is 21.1. The van der Waals surface area contributed by atoms with Crippen molar-refractivity contribution in [2.24, 2.45) is 21.7 Å². The van der Waals surface area contributed by atoms with Crippen molar-refractivity contribution in [1.29, 1.82) is 0 Å². The Balaban J connectivity index is 1.73. The molecule has 0 saturated heterocycles. The smallest absolute Gasteiger partial charge is 0.341 e. The Labute approximate surface area is 516 Å². The Morgan fingerprint density at radius 3 is 0.767 bits per heavy atom. The highest BCUT2D eigenvalue weighted by Crippen LogP contribution is 2.49. The third-order valence-corrected chi connectivity index (χ3v) is 16.4. The molecule has 8 bridgehead atoms. The molecule has 0 fully saturated rings. The van der Waals surface area contributed by atoms with Crippen LogP contribution in [-0.2, 0) is 70.1 Å². The molecule has 10 nitrogen and oxygen atoms in total. The first-order chi connectivity index (χ1) is 39.7. The van der Waals surface area contributed by atoms with Crippen molar-refractivity contribution in [3.63, 3.8) is 0 Å². The molecule has 2 N–H and O–H groups in total. The molecule has 4 aromatic carbocycles. The number of hydrogen-bond acceptors (Lipinski definition) is 8. The van der Waals surface area contributed by atoms with Gasteiger partial charge in [-0.2, -0.15) is 0 Å². The number of carboxylic acids is 2. The van der Waals surface area contributed by atoms with Crippen molar-refractivity contribution in [2.45, 2.75) is 225 Å². The number of pyridine rings is 2. The van der Waals surface area contributed by atoms with Gasteiger partial charge in [0, 0.05) is 38.1 Å². The number of aliphatic carboxylic acids is 2. The van der Waals surface area contributed by atoms with Crippen molar-refractivity contribution < 1.29 is 38.7 Å². The molecular formula is C76H102N2O8. The van der Waals surface area contributed by atoms with E-state index in [1.165, 1.54) is 0 Å². The number of rotatable bonds is 20. The molecule has 0 spiro atoms. The minimum atomic E-state index is -1.08. The fourth-order valence-corrected chi connectivity index (χ4v) is 14.4. The lowest BCUT2D eigenvalue weighted by atomic mass is 9.70. The van der Waals surface area contributed by atoms with E-state index in [1.54, 1.807) is 12.4 Å². The number of nitrogens with zero attached hydrogens (tertiary/aromatic N) is 2. The number of fused-ring (bicyclic) bond motifs is 8. The van der Waals surface area contributed by atoms with Crippen LogP contribution >= 0.6 is 0 Å². The van der Waals surface area contributed by atoms with Gasteiger partial charge in [-0.25, -0.2) is 9.59 Å². The Bertz CT molecular complexity index is 3040. The number of benzene rings is 4. The van der Waals surface area contributed by atoms with E-state index in [4.69, 9.17) is 28.9 Å². The summed E-state index contributed by atoms with van der Waals surface area (Å²) < 4.78 is 28.0. The van der Waals surface area contributed by atoms with E-state index >= 15 is 0 Å². The summed E-state index contributed by atoms with van der Waals surface area (Å²) in [5.74, 6) is 0.234. The van der Waals surface area contributed by atoms with Crippen LogP contribution < -0.4 is 18.9 Å². The van der Waals surface area contributed by atoms with E-state index in [2.05, 4.69) is 187 Å². The normalized spacial score (nSPS) is 13.7. The van der Waals surface area contributed by atoms with E-state index in [0.29, 0.717) is 48.7 Å². The van der Waals surface area contributed by atoms with E-state index in [-0.39, 0.29) is 56.5 Å². The molecule has 2 heterocycles. The molecule has 464 valence electrons. The first kappa shape index (κ1) is 66.8. The minimum absolute atomic E-state index is 0.0382. The van der Waals surface area contributed by atoms with Crippen molar-refractivity contribution in [3.05, 3.63) is 175 Å².